The number of hydrogen-bond donors (Lipinski definition) is 0. The van der Waals surface area contributed by atoms with Crippen LogP contribution in [0, 0.1) is 16.5 Å². The van der Waals surface area contributed by atoms with Crippen molar-refractivity contribution in [2.45, 2.75) is 10.9 Å². The van der Waals surface area contributed by atoms with Crippen molar-refractivity contribution in [1.29, 1.82) is 5.26 Å². The Bertz CT molecular complexity index is 919. The highest BCUT2D eigenvalue weighted by Gasteiger charge is 2.24. The van der Waals surface area contributed by atoms with Gasteiger partial charge < -0.3 is 5.21 Å². The van der Waals surface area contributed by atoms with Gasteiger partial charge in [0.1, 0.15) is 5.01 Å². The van der Waals surface area contributed by atoms with Gasteiger partial charge in [-0.1, -0.05) is 30.3 Å². The summed E-state index contributed by atoms with van der Waals surface area (Å²) in [6, 6.07) is 16.6. The molecule has 3 aromatic rings. The average molecular weight is 367 g/mol. The maximum Gasteiger partial charge on any atom is 0.251 e. The van der Waals surface area contributed by atoms with Crippen LogP contribution in [0.3, 0.4) is 0 Å². The number of rotatable bonds is 6. The van der Waals surface area contributed by atoms with E-state index in [9.17, 15) is 15.3 Å². The molecule has 1 atom stereocenters. The van der Waals surface area contributed by atoms with Gasteiger partial charge in [0.05, 0.1) is 17.5 Å². The number of pyridine rings is 1. The largest absolute Gasteiger partial charge is 0.618 e. The fraction of sp³-hybridized carbons (Fsp3) is 0.111. The van der Waals surface area contributed by atoms with Crippen molar-refractivity contribution in [2.75, 3.05) is 5.75 Å². The van der Waals surface area contributed by atoms with Crippen molar-refractivity contribution < 1.29 is 9.52 Å². The summed E-state index contributed by atoms with van der Waals surface area (Å²) in [5.41, 5.74) is 1.70. The third-order valence-corrected chi connectivity index (χ3v) is 5.39. The molecule has 3 rings (SSSR count). The fourth-order valence-electron chi connectivity index (χ4n) is 2.18. The molecule has 25 heavy (non-hydrogen) atoms. The minimum absolute atomic E-state index is 0.0464. The minimum Gasteiger partial charge on any atom is -0.618 e. The van der Waals surface area contributed by atoms with E-state index in [0.29, 0.717) is 14.8 Å². The molecule has 124 valence electrons. The molecule has 0 N–H and O–H groups in total. The van der Waals surface area contributed by atoms with Crippen LogP contribution in [0.15, 0.2) is 65.1 Å². The average Bonchev–Trinajstić information content (AvgIpc) is 3.12. The predicted molar refractivity (Wildman–Crippen MR) is 97.0 cm³/mol. The van der Waals surface area contributed by atoms with Crippen LogP contribution in [0.1, 0.15) is 10.9 Å². The molecule has 2 aromatic heterocycles. The second-order valence-corrected chi connectivity index (χ2v) is 7.00. The lowest BCUT2D eigenvalue weighted by molar-refractivity contribution is -0.645. The Labute approximate surface area is 153 Å². The Morgan fingerprint density at radius 3 is 2.76 bits per heavy atom. The molecule has 0 fully saturated rings. The summed E-state index contributed by atoms with van der Waals surface area (Å²) in [6.07, 6.45) is 1.38. The summed E-state index contributed by atoms with van der Waals surface area (Å²) in [6.45, 7) is 0. The van der Waals surface area contributed by atoms with E-state index < -0.39 is 5.92 Å². The SMILES string of the molecule is N#C[C@@H](C(=O)CSc1cccc[n+]1[O-])c1nc(-c2ccccc2)cs1. The molecule has 2 heterocycles. The number of nitriles is 1. The number of hydrogen-bond acceptors (Lipinski definition) is 6. The quantitative estimate of drug-likeness (QED) is 0.379. The highest BCUT2D eigenvalue weighted by Crippen LogP contribution is 2.28. The molecular weight excluding hydrogens is 354 g/mol. The van der Waals surface area contributed by atoms with Gasteiger partial charge in [-0.2, -0.15) is 9.99 Å². The first-order valence-electron chi connectivity index (χ1n) is 7.43. The molecule has 0 radical (unpaired) electrons. The van der Waals surface area contributed by atoms with Gasteiger partial charge in [0.2, 0.25) is 0 Å². The van der Waals surface area contributed by atoms with Crippen molar-refractivity contribution in [2.24, 2.45) is 0 Å². The number of nitrogens with zero attached hydrogens (tertiary/aromatic N) is 3. The Morgan fingerprint density at radius 1 is 1.28 bits per heavy atom. The Hall–Kier alpha value is -2.69. The molecule has 0 saturated carbocycles. The molecule has 1 aromatic carbocycles. The van der Waals surface area contributed by atoms with Crippen molar-refractivity contribution in [3.05, 3.63) is 70.3 Å². The molecule has 7 heteroatoms. The van der Waals surface area contributed by atoms with Gasteiger partial charge in [0.25, 0.3) is 5.03 Å². The number of ketones is 1. The summed E-state index contributed by atoms with van der Waals surface area (Å²) >= 11 is 2.42. The van der Waals surface area contributed by atoms with E-state index in [4.69, 9.17) is 0 Å². The van der Waals surface area contributed by atoms with Crippen molar-refractivity contribution in [3.63, 3.8) is 0 Å². The third-order valence-electron chi connectivity index (χ3n) is 3.44. The molecule has 5 nitrogen and oxygen atoms in total. The van der Waals surface area contributed by atoms with E-state index in [1.807, 2.05) is 41.8 Å². The molecule has 0 saturated heterocycles. The van der Waals surface area contributed by atoms with Gasteiger partial charge in [0.15, 0.2) is 17.9 Å². The lowest BCUT2D eigenvalue weighted by atomic mass is 10.1. The van der Waals surface area contributed by atoms with Crippen LogP contribution in [-0.4, -0.2) is 16.5 Å². The second-order valence-electron chi connectivity index (χ2n) is 5.12. The van der Waals surface area contributed by atoms with Crippen molar-refractivity contribution in [3.8, 4) is 17.3 Å². The van der Waals surface area contributed by atoms with Crippen molar-refractivity contribution in [1.82, 2.24) is 4.98 Å². The van der Waals surface area contributed by atoms with Gasteiger partial charge in [-0.05, 0) is 17.8 Å². The summed E-state index contributed by atoms with van der Waals surface area (Å²) in [5, 5.41) is 23.8. The van der Waals surface area contributed by atoms with Crippen LogP contribution in [-0.2, 0) is 4.79 Å². The number of aromatic nitrogens is 2. The highest BCUT2D eigenvalue weighted by molar-refractivity contribution is 7.99. The summed E-state index contributed by atoms with van der Waals surface area (Å²) in [5.74, 6) is -1.13. The van der Waals surface area contributed by atoms with E-state index in [0.717, 1.165) is 23.0 Å². The molecular formula is C18H13N3O2S2. The summed E-state index contributed by atoms with van der Waals surface area (Å²) < 4.78 is 0.705. The molecule has 0 aliphatic rings. The number of thioether (sulfide) groups is 1. The van der Waals surface area contributed by atoms with E-state index in [-0.39, 0.29) is 11.5 Å². The van der Waals surface area contributed by atoms with Crippen LogP contribution in [0.25, 0.3) is 11.3 Å². The Kier molecular flexibility index (Phi) is 5.43. The lowest BCUT2D eigenvalue weighted by Crippen LogP contribution is -2.28. The highest BCUT2D eigenvalue weighted by atomic mass is 32.2. The monoisotopic (exact) mass is 367 g/mol. The molecule has 0 aliphatic carbocycles. The van der Waals surface area contributed by atoms with Crippen LogP contribution >= 0.6 is 23.1 Å². The van der Waals surface area contributed by atoms with E-state index in [1.54, 1.807) is 18.2 Å². The first kappa shape index (κ1) is 17.1. The zero-order chi connectivity index (χ0) is 17.6. The van der Waals surface area contributed by atoms with Gasteiger partial charge in [0, 0.05) is 23.1 Å². The second kappa shape index (κ2) is 7.92. The molecule has 0 amide bonds. The van der Waals surface area contributed by atoms with Gasteiger partial charge >= 0.3 is 0 Å². The van der Waals surface area contributed by atoms with E-state index in [2.05, 4.69) is 4.98 Å². The van der Waals surface area contributed by atoms with Crippen LogP contribution in [0.4, 0.5) is 0 Å². The Morgan fingerprint density at radius 2 is 2.04 bits per heavy atom. The van der Waals surface area contributed by atoms with Crippen LogP contribution in [0.2, 0.25) is 0 Å². The zero-order valence-corrected chi connectivity index (χ0v) is 14.7. The fourth-order valence-corrected chi connectivity index (χ4v) is 3.89. The number of thiazole rings is 1. The summed E-state index contributed by atoms with van der Waals surface area (Å²) in [7, 11) is 0. The molecule has 0 bridgehead atoms. The van der Waals surface area contributed by atoms with Gasteiger partial charge in [-0.3, -0.25) is 4.79 Å². The van der Waals surface area contributed by atoms with Crippen LogP contribution < -0.4 is 4.73 Å². The first-order valence-corrected chi connectivity index (χ1v) is 9.29. The minimum atomic E-state index is -0.918. The van der Waals surface area contributed by atoms with Gasteiger partial charge in [-0.25, -0.2) is 4.98 Å². The third kappa shape index (κ3) is 4.05. The molecule has 0 aliphatic heterocycles. The zero-order valence-electron chi connectivity index (χ0n) is 13.0. The van der Waals surface area contributed by atoms with Gasteiger partial charge in [-0.15, -0.1) is 11.3 Å². The lowest BCUT2D eigenvalue weighted by Gasteiger charge is -2.05. The number of carbonyl (C=O) groups excluding carboxylic acids is 1. The maximum absolute atomic E-state index is 12.4. The standard InChI is InChI=1S/C18H13N3O2S2/c19-10-14(16(22)12-24-17-8-4-5-9-21(17)23)18-20-15(11-25-18)13-6-2-1-3-7-13/h1-9,11,14H,12H2/t14-/m0/s1. The summed E-state index contributed by atoms with van der Waals surface area (Å²) in [4.78, 5) is 16.9. The normalized spacial score (nSPS) is 11.6. The van der Waals surface area contributed by atoms with E-state index in [1.165, 1.54) is 17.5 Å². The molecule has 0 spiro atoms. The smallest absolute Gasteiger partial charge is 0.251 e. The topological polar surface area (TPSA) is 80.7 Å². The number of carbonyl (C=O) groups is 1. The maximum atomic E-state index is 12.4. The van der Waals surface area contributed by atoms with E-state index >= 15 is 0 Å². The predicted octanol–water partition coefficient (Wildman–Crippen LogP) is 3.41. The number of benzene rings is 1. The van der Waals surface area contributed by atoms with Crippen molar-refractivity contribution >= 4 is 28.9 Å². The molecule has 0 unspecified atom stereocenters. The first-order chi connectivity index (χ1) is 12.2. The Balaban J connectivity index is 1.72. The van der Waals surface area contributed by atoms with Crippen LogP contribution in [0.5, 0.6) is 0 Å². The number of Topliss-reactive ketones (excluding diaryl/α,β-unsaturated/α-hetero) is 1.